The van der Waals surface area contributed by atoms with Crippen molar-refractivity contribution in [2.45, 2.75) is 19.8 Å². The average Bonchev–Trinajstić information content (AvgIpc) is 2.75. The highest BCUT2D eigenvalue weighted by molar-refractivity contribution is 7.15. The smallest absolute Gasteiger partial charge is 0.0957 e. The molecular weight excluding hydrogens is 182 g/mol. The zero-order chi connectivity index (χ0) is 9.26. The predicted molar refractivity (Wildman–Crippen MR) is 53.8 cm³/mol. The van der Waals surface area contributed by atoms with Crippen LogP contribution in [0.5, 0.6) is 0 Å². The molecule has 2 aromatic heterocycles. The van der Waals surface area contributed by atoms with Gasteiger partial charge in [0.05, 0.1) is 28.1 Å². The van der Waals surface area contributed by atoms with E-state index in [0.717, 1.165) is 10.6 Å². The van der Waals surface area contributed by atoms with Crippen LogP contribution in [0.2, 0.25) is 0 Å². The summed E-state index contributed by atoms with van der Waals surface area (Å²) in [6, 6.07) is 0. The Morgan fingerprint density at radius 1 is 1.38 bits per heavy atom. The minimum absolute atomic E-state index is 0.502. The third-order valence-electron chi connectivity index (χ3n) is 1.78. The van der Waals surface area contributed by atoms with E-state index in [1.165, 1.54) is 5.01 Å². The van der Waals surface area contributed by atoms with E-state index >= 15 is 0 Å². The van der Waals surface area contributed by atoms with Crippen LogP contribution < -0.4 is 0 Å². The molecule has 0 amide bonds. The van der Waals surface area contributed by atoms with Crippen LogP contribution in [-0.2, 0) is 0 Å². The van der Waals surface area contributed by atoms with E-state index in [0.29, 0.717) is 5.92 Å². The molecule has 0 saturated heterocycles. The summed E-state index contributed by atoms with van der Waals surface area (Å²) < 4.78 is 0. The predicted octanol–water partition coefficient (Wildman–Crippen LogP) is 2.66. The summed E-state index contributed by atoms with van der Waals surface area (Å²) in [5, 5.41) is 1.17. The molecule has 0 aromatic carbocycles. The van der Waals surface area contributed by atoms with Gasteiger partial charge in [-0.2, -0.15) is 0 Å². The van der Waals surface area contributed by atoms with Gasteiger partial charge in [0.1, 0.15) is 0 Å². The van der Waals surface area contributed by atoms with Crippen molar-refractivity contribution in [2.75, 3.05) is 0 Å². The van der Waals surface area contributed by atoms with E-state index in [-0.39, 0.29) is 0 Å². The van der Waals surface area contributed by atoms with Crippen LogP contribution in [0.4, 0.5) is 0 Å². The van der Waals surface area contributed by atoms with Gasteiger partial charge in [0.2, 0.25) is 0 Å². The van der Waals surface area contributed by atoms with E-state index < -0.39 is 0 Å². The van der Waals surface area contributed by atoms with Crippen LogP contribution in [0, 0.1) is 0 Å². The highest BCUT2D eigenvalue weighted by Crippen LogP contribution is 2.27. The van der Waals surface area contributed by atoms with Gasteiger partial charge < -0.3 is 4.98 Å². The maximum atomic E-state index is 4.34. The number of H-pyrrole nitrogens is 1. The second-order valence-electron chi connectivity index (χ2n) is 3.18. The van der Waals surface area contributed by atoms with E-state index in [9.17, 15) is 0 Å². The largest absolute Gasteiger partial charge is 0.344 e. The van der Waals surface area contributed by atoms with Gasteiger partial charge in [-0.1, -0.05) is 13.8 Å². The zero-order valence-electron chi connectivity index (χ0n) is 7.61. The summed E-state index contributed by atoms with van der Waals surface area (Å²) in [5.41, 5.74) is 1.05. The Bertz CT molecular complexity index is 375. The molecule has 0 aliphatic carbocycles. The van der Waals surface area contributed by atoms with Crippen LogP contribution in [0.1, 0.15) is 24.8 Å². The number of aromatic nitrogens is 3. The van der Waals surface area contributed by atoms with Crippen LogP contribution in [0.3, 0.4) is 0 Å². The summed E-state index contributed by atoms with van der Waals surface area (Å²) >= 11 is 1.72. The molecule has 2 aromatic rings. The maximum Gasteiger partial charge on any atom is 0.0957 e. The highest BCUT2D eigenvalue weighted by Gasteiger charge is 2.07. The molecule has 0 unspecified atom stereocenters. The molecule has 2 heterocycles. The number of hydrogen-bond donors (Lipinski definition) is 1. The summed E-state index contributed by atoms with van der Waals surface area (Å²) in [6.07, 6.45) is 5.40. The standard InChI is InChI=1S/C9H11N3S/c1-6(2)9-11-4-8(13-9)7-3-10-5-12-7/h3-6H,1-2H3,(H,10,12). The number of rotatable bonds is 2. The first kappa shape index (κ1) is 8.44. The topological polar surface area (TPSA) is 41.6 Å². The number of nitrogens with zero attached hydrogens (tertiary/aromatic N) is 2. The van der Waals surface area contributed by atoms with Crippen molar-refractivity contribution in [3.05, 3.63) is 23.7 Å². The lowest BCUT2D eigenvalue weighted by Crippen LogP contribution is -1.81. The zero-order valence-corrected chi connectivity index (χ0v) is 8.43. The quantitative estimate of drug-likeness (QED) is 0.796. The number of aromatic amines is 1. The van der Waals surface area contributed by atoms with E-state index in [2.05, 4.69) is 28.8 Å². The molecule has 13 heavy (non-hydrogen) atoms. The Kier molecular flexibility index (Phi) is 2.14. The monoisotopic (exact) mass is 193 g/mol. The Balaban J connectivity index is 2.33. The van der Waals surface area contributed by atoms with Gasteiger partial charge in [-0.3, -0.25) is 0 Å². The third kappa shape index (κ3) is 1.62. The van der Waals surface area contributed by atoms with Gasteiger partial charge in [0.25, 0.3) is 0 Å². The van der Waals surface area contributed by atoms with Gasteiger partial charge in [-0.25, -0.2) is 9.97 Å². The van der Waals surface area contributed by atoms with Crippen molar-refractivity contribution < 1.29 is 0 Å². The Hall–Kier alpha value is -1.16. The lowest BCUT2D eigenvalue weighted by Gasteiger charge is -1.95. The summed E-state index contributed by atoms with van der Waals surface area (Å²) in [7, 11) is 0. The Morgan fingerprint density at radius 2 is 2.23 bits per heavy atom. The third-order valence-corrected chi connectivity index (χ3v) is 3.11. The van der Waals surface area contributed by atoms with Crippen LogP contribution in [0.15, 0.2) is 18.7 Å². The molecule has 0 spiro atoms. The molecule has 2 rings (SSSR count). The molecule has 0 fully saturated rings. The minimum Gasteiger partial charge on any atom is -0.344 e. The molecule has 0 atom stereocenters. The maximum absolute atomic E-state index is 4.34. The molecule has 1 N–H and O–H groups in total. The molecule has 68 valence electrons. The number of imidazole rings is 1. The Morgan fingerprint density at radius 3 is 2.77 bits per heavy atom. The van der Waals surface area contributed by atoms with Crippen molar-refractivity contribution in [2.24, 2.45) is 0 Å². The van der Waals surface area contributed by atoms with Gasteiger partial charge in [-0.05, 0) is 0 Å². The molecule has 4 heteroatoms. The molecule has 0 aliphatic heterocycles. The van der Waals surface area contributed by atoms with Crippen molar-refractivity contribution in [3.8, 4) is 10.6 Å². The average molecular weight is 193 g/mol. The van der Waals surface area contributed by atoms with Gasteiger partial charge in [0, 0.05) is 12.1 Å². The van der Waals surface area contributed by atoms with Gasteiger partial charge in [-0.15, -0.1) is 11.3 Å². The lowest BCUT2D eigenvalue weighted by molar-refractivity contribution is 0.852. The second kappa shape index (κ2) is 3.30. The first-order valence-corrected chi connectivity index (χ1v) is 5.03. The molecule has 0 saturated carbocycles. The summed E-state index contributed by atoms with van der Waals surface area (Å²) in [4.78, 5) is 12.5. The normalized spacial score (nSPS) is 11.0. The summed E-state index contributed by atoms with van der Waals surface area (Å²) in [5.74, 6) is 0.502. The molecule has 0 bridgehead atoms. The van der Waals surface area contributed by atoms with E-state index in [1.54, 1.807) is 17.7 Å². The number of thiazole rings is 1. The van der Waals surface area contributed by atoms with Crippen molar-refractivity contribution in [1.29, 1.82) is 0 Å². The van der Waals surface area contributed by atoms with E-state index in [1.807, 2.05) is 12.4 Å². The van der Waals surface area contributed by atoms with Crippen LogP contribution >= 0.6 is 11.3 Å². The van der Waals surface area contributed by atoms with Crippen molar-refractivity contribution in [1.82, 2.24) is 15.0 Å². The SMILES string of the molecule is CC(C)c1ncc(-c2cnc[nH]2)s1. The fraction of sp³-hybridized carbons (Fsp3) is 0.333. The van der Waals surface area contributed by atoms with Crippen molar-refractivity contribution >= 4 is 11.3 Å². The van der Waals surface area contributed by atoms with Gasteiger partial charge in [0.15, 0.2) is 0 Å². The molecule has 0 radical (unpaired) electrons. The second-order valence-corrected chi connectivity index (χ2v) is 4.24. The highest BCUT2D eigenvalue weighted by atomic mass is 32.1. The van der Waals surface area contributed by atoms with Gasteiger partial charge >= 0.3 is 0 Å². The molecular formula is C9H11N3S. The number of hydrogen-bond acceptors (Lipinski definition) is 3. The first-order valence-electron chi connectivity index (χ1n) is 4.22. The van der Waals surface area contributed by atoms with Crippen LogP contribution in [0.25, 0.3) is 10.6 Å². The fourth-order valence-electron chi connectivity index (χ4n) is 1.07. The Labute approximate surface area is 80.9 Å². The molecule has 0 aliphatic rings. The van der Waals surface area contributed by atoms with Crippen LogP contribution in [-0.4, -0.2) is 15.0 Å². The minimum atomic E-state index is 0.502. The lowest BCUT2D eigenvalue weighted by atomic mass is 10.2. The van der Waals surface area contributed by atoms with Crippen molar-refractivity contribution in [3.63, 3.8) is 0 Å². The van der Waals surface area contributed by atoms with E-state index in [4.69, 9.17) is 0 Å². The molecule has 3 nitrogen and oxygen atoms in total. The fourth-order valence-corrected chi connectivity index (χ4v) is 1.96. The summed E-state index contributed by atoms with van der Waals surface area (Å²) in [6.45, 7) is 4.30. The number of nitrogens with one attached hydrogen (secondary N) is 1. The first-order chi connectivity index (χ1) is 6.27.